The lowest BCUT2D eigenvalue weighted by Gasteiger charge is -2.14. The van der Waals surface area contributed by atoms with E-state index in [0.29, 0.717) is 17.7 Å². The van der Waals surface area contributed by atoms with Gasteiger partial charge in [-0.1, -0.05) is 13.0 Å². The quantitative estimate of drug-likeness (QED) is 0.818. The van der Waals surface area contributed by atoms with Crippen molar-refractivity contribution in [1.29, 1.82) is 5.26 Å². The Bertz CT molecular complexity index is 716. The third-order valence-corrected chi connectivity index (χ3v) is 4.57. The molecule has 22 heavy (non-hydrogen) atoms. The number of Topliss-reactive ketones (excluding diaryl/α,β-unsaturated/α-hetero) is 1. The normalized spacial score (nSPS) is 11.7. The van der Waals surface area contributed by atoms with Crippen molar-refractivity contribution in [2.75, 3.05) is 7.11 Å². The summed E-state index contributed by atoms with van der Waals surface area (Å²) in [5.41, 5.74) is 2.47. The summed E-state index contributed by atoms with van der Waals surface area (Å²) in [4.78, 5) is 16.6. The number of ketones is 1. The number of benzene rings is 1. The number of ether oxygens (including phenoxy) is 1. The van der Waals surface area contributed by atoms with Gasteiger partial charge in [-0.05, 0) is 37.5 Å². The fourth-order valence-electron chi connectivity index (χ4n) is 2.25. The highest BCUT2D eigenvalue weighted by Gasteiger charge is 2.22. The number of carbonyl (C=O) groups excluding carboxylic acids is 1. The van der Waals surface area contributed by atoms with Gasteiger partial charge in [-0.2, -0.15) is 5.26 Å². The fraction of sp³-hybridized carbons (Fsp3) is 0.353. The average Bonchev–Trinajstić information content (AvgIpc) is 3.00. The number of rotatable bonds is 6. The van der Waals surface area contributed by atoms with Crippen molar-refractivity contribution in [3.63, 3.8) is 0 Å². The molecule has 1 heterocycles. The molecule has 5 heteroatoms. The zero-order valence-electron chi connectivity index (χ0n) is 12.9. The van der Waals surface area contributed by atoms with Crippen LogP contribution in [0.2, 0.25) is 0 Å². The zero-order chi connectivity index (χ0) is 16.1. The molecule has 1 aromatic heterocycles. The Hall–Kier alpha value is -2.19. The van der Waals surface area contributed by atoms with E-state index in [9.17, 15) is 4.79 Å². The van der Waals surface area contributed by atoms with Crippen molar-refractivity contribution in [1.82, 2.24) is 4.98 Å². The van der Waals surface area contributed by atoms with Crippen LogP contribution in [0.25, 0.3) is 0 Å². The van der Waals surface area contributed by atoms with Crippen LogP contribution in [0.5, 0.6) is 5.75 Å². The van der Waals surface area contributed by atoms with Crippen molar-refractivity contribution >= 4 is 17.1 Å². The summed E-state index contributed by atoms with van der Waals surface area (Å²) in [5, 5.41) is 11.8. The number of nitrogens with zero attached hydrogens (tertiary/aromatic N) is 2. The van der Waals surface area contributed by atoms with Gasteiger partial charge in [0.2, 0.25) is 0 Å². The summed E-state index contributed by atoms with van der Waals surface area (Å²) >= 11 is 1.53. The maximum Gasteiger partial charge on any atom is 0.140 e. The van der Waals surface area contributed by atoms with Crippen LogP contribution in [0.15, 0.2) is 23.6 Å². The number of aromatic nitrogens is 1. The monoisotopic (exact) mass is 314 g/mol. The van der Waals surface area contributed by atoms with E-state index < -0.39 is 0 Å². The highest BCUT2D eigenvalue weighted by atomic mass is 32.1. The van der Waals surface area contributed by atoms with Crippen LogP contribution in [0.4, 0.5) is 0 Å². The fourth-order valence-corrected chi connectivity index (χ4v) is 3.31. The second kappa shape index (κ2) is 7.19. The highest BCUT2D eigenvalue weighted by molar-refractivity contribution is 7.09. The van der Waals surface area contributed by atoms with E-state index in [0.717, 1.165) is 22.7 Å². The van der Waals surface area contributed by atoms with E-state index in [4.69, 9.17) is 10.00 Å². The van der Waals surface area contributed by atoms with Gasteiger partial charge in [-0.25, -0.2) is 4.98 Å². The summed E-state index contributed by atoms with van der Waals surface area (Å²) < 4.78 is 5.35. The van der Waals surface area contributed by atoms with Gasteiger partial charge < -0.3 is 4.74 Å². The molecule has 0 bridgehead atoms. The topological polar surface area (TPSA) is 63.0 Å². The first-order valence-corrected chi connectivity index (χ1v) is 7.98. The number of aryl methyl sites for hydroxylation is 1. The lowest BCUT2D eigenvalue weighted by Crippen LogP contribution is -2.12. The largest absolute Gasteiger partial charge is 0.496 e. The van der Waals surface area contributed by atoms with Gasteiger partial charge in [0.25, 0.3) is 0 Å². The number of methoxy groups -OCH3 is 1. The second-order valence-electron chi connectivity index (χ2n) is 5.04. The minimum atomic E-state index is -0.271. The van der Waals surface area contributed by atoms with Crippen molar-refractivity contribution < 1.29 is 9.53 Å². The van der Waals surface area contributed by atoms with E-state index in [1.807, 2.05) is 18.4 Å². The Kier molecular flexibility index (Phi) is 5.29. The Morgan fingerprint density at radius 1 is 1.50 bits per heavy atom. The van der Waals surface area contributed by atoms with Gasteiger partial charge >= 0.3 is 0 Å². The Morgan fingerprint density at radius 3 is 2.82 bits per heavy atom. The first kappa shape index (κ1) is 16.2. The van der Waals surface area contributed by atoms with E-state index in [1.165, 1.54) is 11.3 Å². The van der Waals surface area contributed by atoms with Crippen LogP contribution >= 0.6 is 11.3 Å². The molecule has 1 unspecified atom stereocenters. The molecule has 0 aliphatic heterocycles. The van der Waals surface area contributed by atoms with Crippen LogP contribution in [-0.4, -0.2) is 17.9 Å². The summed E-state index contributed by atoms with van der Waals surface area (Å²) in [6, 6.07) is 7.38. The van der Waals surface area contributed by atoms with Crippen molar-refractivity contribution in [3.05, 3.63) is 45.4 Å². The molecule has 0 aliphatic carbocycles. The second-order valence-corrected chi connectivity index (χ2v) is 5.93. The molecule has 0 aliphatic rings. The van der Waals surface area contributed by atoms with Gasteiger partial charge in [0.15, 0.2) is 0 Å². The Morgan fingerprint density at radius 2 is 2.27 bits per heavy atom. The molecule has 2 aromatic rings. The van der Waals surface area contributed by atoms with Crippen LogP contribution < -0.4 is 4.74 Å². The minimum absolute atomic E-state index is 0.0865. The molecular formula is C17H18N2O2S. The third kappa shape index (κ3) is 3.52. The number of hydrogen-bond donors (Lipinski definition) is 0. The molecule has 2 rings (SSSR count). The predicted octanol–water partition coefficient (Wildman–Crippen LogP) is 3.50. The number of nitriles is 1. The Labute approximate surface area is 134 Å². The molecule has 4 nitrogen and oxygen atoms in total. The van der Waals surface area contributed by atoms with E-state index in [-0.39, 0.29) is 11.7 Å². The average molecular weight is 314 g/mol. The molecule has 114 valence electrons. The first-order chi connectivity index (χ1) is 10.6. The molecule has 0 spiro atoms. The van der Waals surface area contributed by atoms with Crippen LogP contribution in [0, 0.1) is 11.3 Å². The lowest BCUT2D eigenvalue weighted by atomic mass is 9.95. The van der Waals surface area contributed by atoms with Crippen LogP contribution in [0.3, 0.4) is 0 Å². The molecule has 0 fully saturated rings. The molecule has 1 aromatic carbocycles. The van der Waals surface area contributed by atoms with Crippen LogP contribution in [-0.2, 0) is 17.6 Å². The number of hydrogen-bond acceptors (Lipinski definition) is 5. The summed E-state index contributed by atoms with van der Waals surface area (Å²) in [7, 11) is 1.57. The van der Waals surface area contributed by atoms with Gasteiger partial charge in [0, 0.05) is 5.38 Å². The van der Waals surface area contributed by atoms with E-state index in [1.54, 1.807) is 26.2 Å². The van der Waals surface area contributed by atoms with Gasteiger partial charge in [0.05, 0.1) is 30.4 Å². The molecule has 0 amide bonds. The smallest absolute Gasteiger partial charge is 0.140 e. The Balaban J connectivity index is 2.32. The van der Waals surface area contributed by atoms with Crippen LogP contribution in [0.1, 0.15) is 41.6 Å². The van der Waals surface area contributed by atoms with Gasteiger partial charge in [-0.3, -0.25) is 4.79 Å². The van der Waals surface area contributed by atoms with Gasteiger partial charge in [0.1, 0.15) is 16.5 Å². The third-order valence-electron chi connectivity index (χ3n) is 3.56. The van der Waals surface area contributed by atoms with Crippen molar-refractivity contribution in [2.45, 2.75) is 32.6 Å². The summed E-state index contributed by atoms with van der Waals surface area (Å²) in [6.45, 7) is 3.64. The molecule has 0 saturated heterocycles. The molecule has 0 saturated carbocycles. The lowest BCUT2D eigenvalue weighted by molar-refractivity contribution is -0.118. The first-order valence-electron chi connectivity index (χ1n) is 7.10. The SMILES string of the molecule is CCc1csc(C(Cc2ccc(C#N)cc2OC)C(C)=O)n1. The maximum atomic E-state index is 12.0. The molecule has 0 N–H and O–H groups in total. The maximum absolute atomic E-state index is 12.0. The molecule has 1 atom stereocenters. The summed E-state index contributed by atoms with van der Waals surface area (Å²) in [5.74, 6) is 0.452. The predicted molar refractivity (Wildman–Crippen MR) is 86.3 cm³/mol. The number of carbonyl (C=O) groups is 1. The summed E-state index contributed by atoms with van der Waals surface area (Å²) in [6.07, 6.45) is 1.39. The van der Waals surface area contributed by atoms with Gasteiger partial charge in [-0.15, -0.1) is 11.3 Å². The number of thiazole rings is 1. The van der Waals surface area contributed by atoms with E-state index in [2.05, 4.69) is 11.1 Å². The highest BCUT2D eigenvalue weighted by Crippen LogP contribution is 2.30. The molecular weight excluding hydrogens is 296 g/mol. The minimum Gasteiger partial charge on any atom is -0.496 e. The van der Waals surface area contributed by atoms with Crippen molar-refractivity contribution in [2.24, 2.45) is 0 Å². The standard InChI is InChI=1S/C17H18N2O2S/c1-4-14-10-22-17(19-14)15(11(2)20)8-13-6-5-12(9-18)7-16(13)21-3/h5-7,10,15H,4,8H2,1-3H3. The van der Waals surface area contributed by atoms with E-state index >= 15 is 0 Å². The zero-order valence-corrected chi connectivity index (χ0v) is 13.7. The van der Waals surface area contributed by atoms with Crippen molar-refractivity contribution in [3.8, 4) is 11.8 Å². The molecule has 0 radical (unpaired) electrons.